The maximum atomic E-state index is 13.6. The second-order valence-electron chi connectivity index (χ2n) is 5.02. The molecule has 108 valence electrons. The molecule has 0 radical (unpaired) electrons. The van der Waals surface area contributed by atoms with E-state index in [1.54, 1.807) is 12.1 Å². The van der Waals surface area contributed by atoms with Crippen molar-refractivity contribution in [2.75, 3.05) is 0 Å². The highest BCUT2D eigenvalue weighted by Crippen LogP contribution is 2.31. The standard InChI is InChI=1S/C16H13F2NO2/c17-12-7-3-6-11(14(12)18)16(21)19-15-10-5-2-1-4-9(10)8-13(15)20/h1-7,13,15,20H,8H2,(H,19,21)/t13-,15+/m1/s1. The first-order valence-electron chi connectivity index (χ1n) is 6.58. The number of nitrogens with one attached hydrogen (secondary N) is 1. The van der Waals surface area contributed by atoms with Gasteiger partial charge in [-0.2, -0.15) is 0 Å². The molecule has 0 bridgehead atoms. The molecule has 5 heteroatoms. The topological polar surface area (TPSA) is 49.3 Å². The molecule has 0 aliphatic heterocycles. The maximum absolute atomic E-state index is 13.6. The number of carbonyl (C=O) groups excluding carboxylic acids is 1. The highest BCUT2D eigenvalue weighted by atomic mass is 19.2. The molecule has 3 rings (SSSR count). The summed E-state index contributed by atoms with van der Waals surface area (Å²) in [7, 11) is 0. The highest BCUT2D eigenvalue weighted by Gasteiger charge is 2.32. The Hall–Kier alpha value is -2.27. The van der Waals surface area contributed by atoms with E-state index in [0.29, 0.717) is 6.42 Å². The number of fused-ring (bicyclic) bond motifs is 1. The molecule has 0 saturated heterocycles. The summed E-state index contributed by atoms with van der Waals surface area (Å²) in [4.78, 5) is 12.1. The third-order valence-electron chi connectivity index (χ3n) is 3.69. The van der Waals surface area contributed by atoms with Crippen LogP contribution < -0.4 is 5.32 Å². The third kappa shape index (κ3) is 2.40. The van der Waals surface area contributed by atoms with Crippen molar-refractivity contribution < 1.29 is 18.7 Å². The molecule has 2 aromatic rings. The molecule has 0 unspecified atom stereocenters. The fraction of sp³-hybridized carbons (Fsp3) is 0.188. The monoisotopic (exact) mass is 289 g/mol. The molecule has 3 nitrogen and oxygen atoms in total. The van der Waals surface area contributed by atoms with Gasteiger partial charge in [0.2, 0.25) is 0 Å². The molecule has 2 atom stereocenters. The molecule has 0 spiro atoms. The minimum atomic E-state index is -1.18. The SMILES string of the molecule is O=C(N[C@H]1c2ccccc2C[C@H]1O)c1cccc(F)c1F. The molecular formula is C16H13F2NO2. The summed E-state index contributed by atoms with van der Waals surface area (Å²) < 4.78 is 26.8. The van der Waals surface area contributed by atoms with Crippen LogP contribution in [0.2, 0.25) is 0 Å². The van der Waals surface area contributed by atoms with Crippen LogP contribution >= 0.6 is 0 Å². The van der Waals surface area contributed by atoms with Crippen LogP contribution in [0.5, 0.6) is 0 Å². The lowest BCUT2D eigenvalue weighted by molar-refractivity contribution is 0.0853. The first-order chi connectivity index (χ1) is 10.1. The molecule has 2 N–H and O–H groups in total. The molecule has 0 aromatic heterocycles. The normalized spacial score (nSPS) is 20.1. The van der Waals surface area contributed by atoms with E-state index in [1.165, 1.54) is 12.1 Å². The Balaban J connectivity index is 1.87. The van der Waals surface area contributed by atoms with Crippen LogP contribution in [-0.2, 0) is 6.42 Å². The highest BCUT2D eigenvalue weighted by molar-refractivity contribution is 5.94. The molecule has 2 aromatic carbocycles. The Bertz CT molecular complexity index is 702. The summed E-state index contributed by atoms with van der Waals surface area (Å²) in [5, 5.41) is 12.6. The lowest BCUT2D eigenvalue weighted by Gasteiger charge is -2.18. The molecule has 1 aliphatic rings. The Kier molecular flexibility index (Phi) is 3.43. The Morgan fingerprint density at radius 3 is 2.71 bits per heavy atom. The Morgan fingerprint density at radius 2 is 1.90 bits per heavy atom. The van der Waals surface area contributed by atoms with Gasteiger partial charge >= 0.3 is 0 Å². The van der Waals surface area contributed by atoms with Gasteiger partial charge in [0.1, 0.15) is 0 Å². The van der Waals surface area contributed by atoms with Gasteiger partial charge in [-0.3, -0.25) is 4.79 Å². The summed E-state index contributed by atoms with van der Waals surface area (Å²) in [5.74, 6) is -3.00. The zero-order chi connectivity index (χ0) is 15.0. The van der Waals surface area contributed by atoms with Gasteiger partial charge in [0, 0.05) is 6.42 Å². The minimum Gasteiger partial charge on any atom is -0.390 e. The number of hydrogen-bond acceptors (Lipinski definition) is 2. The van der Waals surface area contributed by atoms with Crippen molar-refractivity contribution in [2.45, 2.75) is 18.6 Å². The van der Waals surface area contributed by atoms with E-state index in [2.05, 4.69) is 5.32 Å². The van der Waals surface area contributed by atoms with Crippen molar-refractivity contribution in [1.29, 1.82) is 0 Å². The number of carbonyl (C=O) groups is 1. The van der Waals surface area contributed by atoms with Crippen LogP contribution in [-0.4, -0.2) is 17.1 Å². The van der Waals surface area contributed by atoms with E-state index >= 15 is 0 Å². The fourth-order valence-electron chi connectivity index (χ4n) is 2.65. The second kappa shape index (κ2) is 5.26. The predicted octanol–water partition coefficient (Wildman–Crippen LogP) is 2.35. The van der Waals surface area contributed by atoms with E-state index in [1.807, 2.05) is 12.1 Å². The Morgan fingerprint density at radius 1 is 1.14 bits per heavy atom. The van der Waals surface area contributed by atoms with Crippen molar-refractivity contribution in [2.24, 2.45) is 0 Å². The Labute approximate surface area is 120 Å². The second-order valence-corrected chi connectivity index (χ2v) is 5.02. The van der Waals surface area contributed by atoms with E-state index in [0.717, 1.165) is 17.2 Å². The van der Waals surface area contributed by atoms with Gasteiger partial charge in [-0.25, -0.2) is 8.78 Å². The van der Waals surface area contributed by atoms with E-state index in [9.17, 15) is 18.7 Å². The van der Waals surface area contributed by atoms with Gasteiger partial charge < -0.3 is 10.4 Å². The van der Waals surface area contributed by atoms with Gasteiger partial charge in [-0.15, -0.1) is 0 Å². The average Bonchev–Trinajstić information content (AvgIpc) is 2.78. The number of benzene rings is 2. The summed E-state index contributed by atoms with van der Waals surface area (Å²) in [6.07, 6.45) is -0.352. The summed E-state index contributed by atoms with van der Waals surface area (Å²) in [6, 6.07) is 10.1. The fourth-order valence-corrected chi connectivity index (χ4v) is 2.65. The number of aliphatic hydroxyl groups is 1. The summed E-state index contributed by atoms with van der Waals surface area (Å²) >= 11 is 0. The average molecular weight is 289 g/mol. The first kappa shape index (κ1) is 13.7. The van der Waals surface area contributed by atoms with Gasteiger partial charge in [0.15, 0.2) is 11.6 Å². The number of rotatable bonds is 2. The van der Waals surface area contributed by atoms with Crippen molar-refractivity contribution in [3.05, 3.63) is 70.8 Å². The van der Waals surface area contributed by atoms with Crippen LogP contribution in [0, 0.1) is 11.6 Å². The molecule has 0 fully saturated rings. The van der Waals surface area contributed by atoms with Gasteiger partial charge in [0.25, 0.3) is 5.91 Å². The number of hydrogen-bond donors (Lipinski definition) is 2. The molecule has 0 heterocycles. The van der Waals surface area contributed by atoms with Gasteiger partial charge in [-0.1, -0.05) is 30.3 Å². The third-order valence-corrected chi connectivity index (χ3v) is 3.69. The van der Waals surface area contributed by atoms with Crippen molar-refractivity contribution in [3.63, 3.8) is 0 Å². The zero-order valence-electron chi connectivity index (χ0n) is 11.0. The number of amides is 1. The van der Waals surface area contributed by atoms with Crippen LogP contribution in [0.25, 0.3) is 0 Å². The van der Waals surface area contributed by atoms with E-state index in [4.69, 9.17) is 0 Å². The largest absolute Gasteiger partial charge is 0.390 e. The predicted molar refractivity (Wildman–Crippen MR) is 72.7 cm³/mol. The van der Waals surface area contributed by atoms with Crippen molar-refractivity contribution >= 4 is 5.91 Å². The number of halogens is 2. The zero-order valence-corrected chi connectivity index (χ0v) is 11.0. The van der Waals surface area contributed by atoms with Crippen molar-refractivity contribution in [3.8, 4) is 0 Å². The molecule has 0 saturated carbocycles. The quantitative estimate of drug-likeness (QED) is 0.891. The molecular weight excluding hydrogens is 276 g/mol. The number of aliphatic hydroxyl groups excluding tert-OH is 1. The lowest BCUT2D eigenvalue weighted by Crippen LogP contribution is -2.34. The molecule has 1 aliphatic carbocycles. The summed E-state index contributed by atoms with van der Waals surface area (Å²) in [6.45, 7) is 0. The lowest BCUT2D eigenvalue weighted by atomic mass is 10.1. The van der Waals surface area contributed by atoms with Crippen LogP contribution in [0.3, 0.4) is 0 Å². The molecule has 21 heavy (non-hydrogen) atoms. The maximum Gasteiger partial charge on any atom is 0.254 e. The van der Waals surface area contributed by atoms with Crippen LogP contribution in [0.1, 0.15) is 27.5 Å². The minimum absolute atomic E-state index is 0.369. The summed E-state index contributed by atoms with van der Waals surface area (Å²) in [5.41, 5.74) is 1.37. The van der Waals surface area contributed by atoms with E-state index in [-0.39, 0.29) is 5.56 Å². The van der Waals surface area contributed by atoms with Gasteiger partial charge in [0.05, 0.1) is 17.7 Å². The van der Waals surface area contributed by atoms with E-state index < -0.39 is 29.7 Å². The van der Waals surface area contributed by atoms with Gasteiger partial charge in [-0.05, 0) is 23.3 Å². The molecule has 1 amide bonds. The van der Waals surface area contributed by atoms with Crippen molar-refractivity contribution in [1.82, 2.24) is 5.32 Å². The van der Waals surface area contributed by atoms with Crippen LogP contribution in [0.4, 0.5) is 8.78 Å². The first-order valence-corrected chi connectivity index (χ1v) is 6.58. The van der Waals surface area contributed by atoms with Crippen LogP contribution in [0.15, 0.2) is 42.5 Å². The smallest absolute Gasteiger partial charge is 0.254 e.